The normalized spacial score (nSPS) is 10.5. The zero-order chi connectivity index (χ0) is 14.0. The molecule has 1 aromatic heterocycles. The highest BCUT2D eigenvalue weighted by Gasteiger charge is 2.11. The van der Waals surface area contributed by atoms with Crippen molar-refractivity contribution in [1.29, 1.82) is 0 Å². The molecule has 0 unspecified atom stereocenters. The average Bonchev–Trinajstić information content (AvgIpc) is 2.74. The predicted octanol–water partition coefficient (Wildman–Crippen LogP) is 4.61. The maximum atomic E-state index is 10.9. The minimum absolute atomic E-state index is 0.280. The van der Waals surface area contributed by atoms with E-state index in [1.807, 2.05) is 18.5 Å². The van der Waals surface area contributed by atoms with Crippen molar-refractivity contribution in [2.45, 2.75) is 6.54 Å². The molecule has 0 saturated carbocycles. The summed E-state index contributed by atoms with van der Waals surface area (Å²) in [6.45, 7) is 0.779. The Kier molecular flexibility index (Phi) is 4.65. The Morgan fingerprint density at radius 2 is 2.11 bits per heavy atom. The lowest BCUT2D eigenvalue weighted by Gasteiger charge is -2.20. The summed E-state index contributed by atoms with van der Waals surface area (Å²) in [7, 11) is 1.98. The number of carboxylic acid groups (broad SMARTS) is 1. The molecule has 3 nitrogen and oxygen atoms in total. The van der Waals surface area contributed by atoms with E-state index in [4.69, 9.17) is 5.11 Å². The van der Waals surface area contributed by atoms with Crippen molar-refractivity contribution in [2.24, 2.45) is 0 Å². The maximum Gasteiger partial charge on any atom is 0.335 e. The number of hydrogen-bond acceptors (Lipinski definition) is 3. The minimum atomic E-state index is -0.919. The number of rotatable bonds is 4. The summed E-state index contributed by atoms with van der Waals surface area (Å²) in [5, 5.41) is 11.0. The van der Waals surface area contributed by atoms with Gasteiger partial charge in [-0.2, -0.15) is 0 Å². The van der Waals surface area contributed by atoms with Gasteiger partial charge >= 0.3 is 5.97 Å². The third kappa shape index (κ3) is 3.58. The van der Waals surface area contributed by atoms with Crippen LogP contribution < -0.4 is 4.90 Å². The van der Waals surface area contributed by atoms with Gasteiger partial charge in [0.2, 0.25) is 0 Å². The van der Waals surface area contributed by atoms with Gasteiger partial charge < -0.3 is 10.0 Å². The van der Waals surface area contributed by atoms with E-state index in [1.54, 1.807) is 23.5 Å². The maximum absolute atomic E-state index is 10.9. The molecule has 6 heteroatoms. The minimum Gasteiger partial charge on any atom is -0.478 e. The van der Waals surface area contributed by atoms with Crippen LogP contribution in [0.5, 0.6) is 0 Å². The molecule has 1 N–H and O–H groups in total. The van der Waals surface area contributed by atoms with Crippen LogP contribution in [0.25, 0.3) is 0 Å². The lowest BCUT2D eigenvalue weighted by Crippen LogP contribution is -2.16. The number of halogens is 2. The van der Waals surface area contributed by atoms with Crippen molar-refractivity contribution in [1.82, 2.24) is 0 Å². The highest BCUT2D eigenvalue weighted by molar-refractivity contribution is 9.10. The molecular weight excluding hydrogens is 394 g/mol. The fourth-order valence-corrected chi connectivity index (χ4v) is 3.89. The number of thiophene rings is 1. The molecule has 0 fully saturated rings. The third-order valence-electron chi connectivity index (χ3n) is 2.62. The molecule has 1 heterocycles. The Morgan fingerprint density at radius 3 is 2.63 bits per heavy atom. The Bertz CT molecular complexity index is 612. The number of anilines is 1. The highest BCUT2D eigenvalue weighted by atomic mass is 79.9. The molecule has 1 aromatic carbocycles. The second-order valence-corrected chi connectivity index (χ2v) is 6.82. The third-order valence-corrected chi connectivity index (χ3v) is 4.94. The summed E-state index contributed by atoms with van der Waals surface area (Å²) in [5.74, 6) is -0.919. The van der Waals surface area contributed by atoms with E-state index in [2.05, 4.69) is 42.8 Å². The van der Waals surface area contributed by atoms with Gasteiger partial charge in [-0.3, -0.25) is 0 Å². The van der Waals surface area contributed by atoms with E-state index in [-0.39, 0.29) is 5.56 Å². The average molecular weight is 405 g/mol. The first-order valence-corrected chi connectivity index (χ1v) is 7.91. The van der Waals surface area contributed by atoms with Gasteiger partial charge in [-0.25, -0.2) is 4.79 Å². The zero-order valence-corrected chi connectivity index (χ0v) is 14.0. The van der Waals surface area contributed by atoms with E-state index in [1.165, 1.54) is 4.88 Å². The smallest absolute Gasteiger partial charge is 0.335 e. The Hall–Kier alpha value is -0.850. The molecule has 0 radical (unpaired) electrons. The van der Waals surface area contributed by atoms with Crippen LogP contribution in [-0.4, -0.2) is 18.1 Å². The first-order valence-electron chi connectivity index (χ1n) is 5.44. The van der Waals surface area contributed by atoms with Gasteiger partial charge in [0.05, 0.1) is 17.8 Å². The topological polar surface area (TPSA) is 40.5 Å². The molecule has 2 aromatic rings. The van der Waals surface area contributed by atoms with Crippen LogP contribution in [0, 0.1) is 0 Å². The SMILES string of the molecule is CN(Cc1cc(Br)cs1)c1ccc(C(=O)O)cc1Br. The number of nitrogens with zero attached hydrogens (tertiary/aromatic N) is 1. The van der Waals surface area contributed by atoms with E-state index in [0.29, 0.717) is 0 Å². The number of aromatic carboxylic acids is 1. The van der Waals surface area contributed by atoms with E-state index in [0.717, 1.165) is 21.2 Å². The number of carbonyl (C=O) groups is 1. The molecular formula is C13H11Br2NO2S. The fraction of sp³-hybridized carbons (Fsp3) is 0.154. The Balaban J connectivity index is 2.19. The molecule has 0 aliphatic carbocycles. The molecule has 0 aliphatic heterocycles. The van der Waals surface area contributed by atoms with Crippen LogP contribution in [0.3, 0.4) is 0 Å². The summed E-state index contributed by atoms with van der Waals surface area (Å²) < 4.78 is 1.87. The summed E-state index contributed by atoms with van der Waals surface area (Å²) in [6.07, 6.45) is 0. The second kappa shape index (κ2) is 6.07. The van der Waals surface area contributed by atoms with Gasteiger partial charge in [-0.15, -0.1) is 11.3 Å². The summed E-state index contributed by atoms with van der Waals surface area (Å²) in [5.41, 5.74) is 1.25. The summed E-state index contributed by atoms with van der Waals surface area (Å²) in [6, 6.07) is 7.14. The van der Waals surface area contributed by atoms with Gasteiger partial charge in [0.25, 0.3) is 0 Å². The van der Waals surface area contributed by atoms with Gasteiger partial charge in [0, 0.05) is 26.3 Å². The quantitative estimate of drug-likeness (QED) is 0.808. The van der Waals surface area contributed by atoms with Gasteiger partial charge in [0.15, 0.2) is 0 Å². The Labute approximate surface area is 132 Å². The molecule has 100 valence electrons. The summed E-state index contributed by atoms with van der Waals surface area (Å²) >= 11 is 8.55. The van der Waals surface area contributed by atoms with Crippen LogP contribution in [0.2, 0.25) is 0 Å². The number of benzene rings is 1. The van der Waals surface area contributed by atoms with Crippen molar-refractivity contribution in [3.05, 3.63) is 49.0 Å². The molecule has 0 aliphatic rings. The lowest BCUT2D eigenvalue weighted by atomic mass is 10.2. The standard InChI is InChI=1S/C13H11Br2NO2S/c1-16(6-10-5-9(14)7-19-10)12-3-2-8(13(17)18)4-11(12)15/h2-5,7H,6H2,1H3,(H,17,18). The van der Waals surface area contributed by atoms with Crippen molar-refractivity contribution in [2.75, 3.05) is 11.9 Å². The van der Waals surface area contributed by atoms with E-state index in [9.17, 15) is 4.79 Å². The zero-order valence-electron chi connectivity index (χ0n) is 10.1. The van der Waals surface area contributed by atoms with Gasteiger partial charge in [-0.1, -0.05) is 0 Å². The number of carboxylic acids is 1. The summed E-state index contributed by atoms with van der Waals surface area (Å²) in [4.78, 5) is 14.2. The predicted molar refractivity (Wildman–Crippen MR) is 85.2 cm³/mol. The van der Waals surface area contributed by atoms with Crippen LogP contribution >= 0.6 is 43.2 Å². The molecule has 0 bridgehead atoms. The largest absolute Gasteiger partial charge is 0.478 e. The second-order valence-electron chi connectivity index (χ2n) is 4.06. The molecule has 0 atom stereocenters. The fourth-order valence-electron chi connectivity index (χ4n) is 1.71. The first-order chi connectivity index (χ1) is 8.97. The van der Waals surface area contributed by atoms with Crippen molar-refractivity contribution < 1.29 is 9.90 Å². The van der Waals surface area contributed by atoms with E-state index < -0.39 is 5.97 Å². The molecule has 0 spiro atoms. The lowest BCUT2D eigenvalue weighted by molar-refractivity contribution is 0.0697. The molecule has 0 saturated heterocycles. The van der Waals surface area contributed by atoms with Crippen LogP contribution in [0.15, 0.2) is 38.6 Å². The monoisotopic (exact) mass is 403 g/mol. The van der Waals surface area contributed by atoms with E-state index >= 15 is 0 Å². The Morgan fingerprint density at radius 1 is 1.37 bits per heavy atom. The van der Waals surface area contributed by atoms with Crippen molar-refractivity contribution in [3.8, 4) is 0 Å². The molecule has 19 heavy (non-hydrogen) atoms. The molecule has 0 amide bonds. The number of hydrogen-bond donors (Lipinski definition) is 1. The van der Waals surface area contributed by atoms with Crippen molar-refractivity contribution >= 4 is 54.9 Å². The van der Waals surface area contributed by atoms with Crippen LogP contribution in [-0.2, 0) is 6.54 Å². The first kappa shape index (κ1) is 14.6. The van der Waals surface area contributed by atoms with Crippen molar-refractivity contribution in [3.63, 3.8) is 0 Å². The molecule has 2 rings (SSSR count). The van der Waals surface area contributed by atoms with Crippen LogP contribution in [0.4, 0.5) is 5.69 Å². The highest BCUT2D eigenvalue weighted by Crippen LogP contribution is 2.29. The van der Waals surface area contributed by atoms with Crippen LogP contribution in [0.1, 0.15) is 15.2 Å². The van der Waals surface area contributed by atoms with Gasteiger partial charge in [-0.05, 0) is 56.1 Å². The van der Waals surface area contributed by atoms with Gasteiger partial charge in [0.1, 0.15) is 0 Å².